The van der Waals surface area contributed by atoms with Crippen molar-refractivity contribution in [2.24, 2.45) is 0 Å². The van der Waals surface area contributed by atoms with E-state index in [-0.39, 0.29) is 6.04 Å². The second kappa shape index (κ2) is 5.95. The Labute approximate surface area is 132 Å². The molecule has 2 heterocycles. The smallest absolute Gasteiger partial charge is 0.123 e. The van der Waals surface area contributed by atoms with Gasteiger partial charge < -0.3 is 5.32 Å². The molecule has 0 aliphatic heterocycles. The van der Waals surface area contributed by atoms with Crippen molar-refractivity contribution in [1.82, 2.24) is 9.97 Å². The third-order valence-corrected chi connectivity index (χ3v) is 5.02. The quantitative estimate of drug-likeness (QED) is 0.731. The van der Waals surface area contributed by atoms with Gasteiger partial charge in [0.05, 0.1) is 16.7 Å². The molecule has 1 atom stereocenters. The molecule has 1 aromatic carbocycles. The maximum Gasteiger partial charge on any atom is 0.123 e. The van der Waals surface area contributed by atoms with Crippen LogP contribution < -0.4 is 5.32 Å². The molecule has 0 amide bonds. The molecule has 0 saturated heterocycles. The lowest BCUT2D eigenvalue weighted by atomic mass is 10.1. The normalized spacial score (nSPS) is 12.3. The van der Waals surface area contributed by atoms with Crippen molar-refractivity contribution in [3.63, 3.8) is 0 Å². The first-order valence-electron chi connectivity index (χ1n) is 6.84. The number of hydrogen-bond acceptors (Lipinski definition) is 5. The molecule has 0 bridgehead atoms. The molecule has 0 fully saturated rings. The van der Waals surface area contributed by atoms with Gasteiger partial charge in [-0.3, -0.25) is 0 Å². The first kappa shape index (κ1) is 14.2. The zero-order valence-electron chi connectivity index (χ0n) is 12.3. The van der Waals surface area contributed by atoms with E-state index in [1.54, 1.807) is 22.7 Å². The molecule has 3 nitrogen and oxygen atoms in total. The second-order valence-electron chi connectivity index (χ2n) is 4.95. The average Bonchev–Trinajstić information content (AvgIpc) is 3.09. The third-order valence-electron chi connectivity index (χ3n) is 3.30. The summed E-state index contributed by atoms with van der Waals surface area (Å²) in [7, 11) is 0. The van der Waals surface area contributed by atoms with E-state index in [0.717, 1.165) is 27.0 Å². The zero-order valence-corrected chi connectivity index (χ0v) is 13.9. The van der Waals surface area contributed by atoms with Gasteiger partial charge in [0.2, 0.25) is 0 Å². The van der Waals surface area contributed by atoms with E-state index in [2.05, 4.69) is 60.3 Å². The van der Waals surface area contributed by atoms with Crippen molar-refractivity contribution in [2.75, 3.05) is 5.32 Å². The summed E-state index contributed by atoms with van der Waals surface area (Å²) < 4.78 is 0. The van der Waals surface area contributed by atoms with E-state index in [1.807, 2.05) is 11.6 Å². The molecule has 108 valence electrons. The van der Waals surface area contributed by atoms with Crippen LogP contribution in [0.4, 0.5) is 5.69 Å². The van der Waals surface area contributed by atoms with Crippen LogP contribution in [0.25, 0.3) is 10.6 Å². The standard InChI is InChI=1S/C16H17N3S2/c1-10(15-11(2)21-12(3)19-15)18-14-6-4-13(5-7-14)16-17-8-9-20-16/h4-10,18H,1-3H3. The van der Waals surface area contributed by atoms with Gasteiger partial charge in [0.1, 0.15) is 5.01 Å². The van der Waals surface area contributed by atoms with Crippen molar-refractivity contribution in [3.05, 3.63) is 51.4 Å². The van der Waals surface area contributed by atoms with Crippen LogP contribution in [0.5, 0.6) is 0 Å². The number of thiazole rings is 2. The average molecular weight is 315 g/mol. The van der Waals surface area contributed by atoms with Crippen LogP contribution in [0.15, 0.2) is 35.8 Å². The summed E-state index contributed by atoms with van der Waals surface area (Å²) in [6.07, 6.45) is 1.83. The summed E-state index contributed by atoms with van der Waals surface area (Å²) in [5.41, 5.74) is 3.40. The lowest BCUT2D eigenvalue weighted by Gasteiger charge is -2.14. The topological polar surface area (TPSA) is 37.8 Å². The molecule has 0 aliphatic carbocycles. The van der Waals surface area contributed by atoms with Crippen LogP contribution in [0.3, 0.4) is 0 Å². The predicted octanol–water partition coefficient (Wildman–Crippen LogP) is 5.06. The molecule has 0 radical (unpaired) electrons. The number of nitrogens with one attached hydrogen (secondary N) is 1. The van der Waals surface area contributed by atoms with E-state index in [4.69, 9.17) is 0 Å². The molecule has 3 aromatic rings. The lowest BCUT2D eigenvalue weighted by Crippen LogP contribution is -2.08. The summed E-state index contributed by atoms with van der Waals surface area (Å²) >= 11 is 3.41. The fourth-order valence-electron chi connectivity index (χ4n) is 2.34. The Morgan fingerprint density at radius 1 is 1.14 bits per heavy atom. The van der Waals surface area contributed by atoms with E-state index < -0.39 is 0 Å². The maximum absolute atomic E-state index is 4.61. The van der Waals surface area contributed by atoms with Crippen LogP contribution >= 0.6 is 22.7 Å². The van der Waals surface area contributed by atoms with Crippen molar-refractivity contribution < 1.29 is 0 Å². The molecular formula is C16H17N3S2. The highest BCUT2D eigenvalue weighted by Crippen LogP contribution is 2.27. The minimum Gasteiger partial charge on any atom is -0.377 e. The van der Waals surface area contributed by atoms with Gasteiger partial charge in [-0.05, 0) is 45.0 Å². The number of benzene rings is 1. The summed E-state index contributed by atoms with van der Waals surface area (Å²) in [6, 6.07) is 8.62. The number of hydrogen-bond donors (Lipinski definition) is 1. The first-order chi connectivity index (χ1) is 10.1. The minimum atomic E-state index is 0.209. The van der Waals surface area contributed by atoms with Crippen LogP contribution in [-0.4, -0.2) is 9.97 Å². The number of nitrogens with zero attached hydrogens (tertiary/aromatic N) is 2. The Morgan fingerprint density at radius 3 is 2.48 bits per heavy atom. The van der Waals surface area contributed by atoms with Crippen LogP contribution in [0.1, 0.15) is 28.5 Å². The van der Waals surface area contributed by atoms with Crippen molar-refractivity contribution in [3.8, 4) is 10.6 Å². The van der Waals surface area contributed by atoms with Crippen molar-refractivity contribution in [2.45, 2.75) is 26.8 Å². The van der Waals surface area contributed by atoms with Crippen LogP contribution in [0.2, 0.25) is 0 Å². The largest absolute Gasteiger partial charge is 0.377 e. The molecule has 3 rings (SSSR count). The molecule has 0 spiro atoms. The van der Waals surface area contributed by atoms with Gasteiger partial charge >= 0.3 is 0 Å². The highest BCUT2D eigenvalue weighted by molar-refractivity contribution is 7.13. The third kappa shape index (κ3) is 3.14. The fraction of sp³-hybridized carbons (Fsp3) is 0.250. The Morgan fingerprint density at radius 2 is 1.90 bits per heavy atom. The number of rotatable bonds is 4. The first-order valence-corrected chi connectivity index (χ1v) is 8.53. The molecule has 1 unspecified atom stereocenters. The van der Waals surface area contributed by atoms with Gasteiger partial charge in [-0.1, -0.05) is 0 Å². The SMILES string of the molecule is Cc1nc(C(C)Nc2ccc(-c3nccs3)cc2)c(C)s1. The van der Waals surface area contributed by atoms with Gasteiger partial charge in [-0.25, -0.2) is 9.97 Å². The Hall–Kier alpha value is -1.72. The van der Waals surface area contributed by atoms with Gasteiger partial charge in [0.25, 0.3) is 0 Å². The summed E-state index contributed by atoms with van der Waals surface area (Å²) in [5, 5.41) is 7.69. The molecule has 0 aliphatic rings. The second-order valence-corrected chi connectivity index (χ2v) is 7.26. The van der Waals surface area contributed by atoms with Gasteiger partial charge in [0.15, 0.2) is 0 Å². The predicted molar refractivity (Wildman–Crippen MR) is 91.2 cm³/mol. The van der Waals surface area contributed by atoms with E-state index in [0.29, 0.717) is 0 Å². The minimum absolute atomic E-state index is 0.209. The highest BCUT2D eigenvalue weighted by atomic mass is 32.1. The van der Waals surface area contributed by atoms with Gasteiger partial charge in [-0.15, -0.1) is 22.7 Å². The molecule has 21 heavy (non-hydrogen) atoms. The zero-order chi connectivity index (χ0) is 14.8. The lowest BCUT2D eigenvalue weighted by molar-refractivity contribution is 0.837. The van der Waals surface area contributed by atoms with Crippen molar-refractivity contribution in [1.29, 1.82) is 0 Å². The molecular weight excluding hydrogens is 298 g/mol. The summed E-state index contributed by atoms with van der Waals surface area (Å²) in [5.74, 6) is 0. The number of aromatic nitrogens is 2. The molecule has 2 aromatic heterocycles. The molecule has 0 saturated carbocycles. The Balaban J connectivity index is 1.74. The Kier molecular flexibility index (Phi) is 4.03. The summed E-state index contributed by atoms with van der Waals surface area (Å²) in [4.78, 5) is 10.2. The van der Waals surface area contributed by atoms with E-state index >= 15 is 0 Å². The fourth-order valence-corrected chi connectivity index (χ4v) is 3.90. The van der Waals surface area contributed by atoms with Gasteiger partial charge in [-0.2, -0.15) is 0 Å². The highest BCUT2D eigenvalue weighted by Gasteiger charge is 2.13. The molecule has 1 N–H and O–H groups in total. The number of aryl methyl sites for hydroxylation is 2. The number of anilines is 1. The molecule has 5 heteroatoms. The monoisotopic (exact) mass is 315 g/mol. The summed E-state index contributed by atoms with van der Waals surface area (Å²) in [6.45, 7) is 6.33. The van der Waals surface area contributed by atoms with Crippen LogP contribution in [0, 0.1) is 13.8 Å². The van der Waals surface area contributed by atoms with E-state index in [1.165, 1.54) is 4.88 Å². The maximum atomic E-state index is 4.61. The van der Waals surface area contributed by atoms with Crippen LogP contribution in [-0.2, 0) is 0 Å². The van der Waals surface area contributed by atoms with E-state index in [9.17, 15) is 0 Å². The van der Waals surface area contributed by atoms with Crippen molar-refractivity contribution >= 4 is 28.4 Å². The van der Waals surface area contributed by atoms with Gasteiger partial charge in [0, 0.05) is 27.7 Å². The Bertz CT molecular complexity index is 715.